The summed E-state index contributed by atoms with van der Waals surface area (Å²) in [6, 6.07) is 20.4. The minimum atomic E-state index is 0.534. The number of fused-ring (bicyclic) bond motifs is 1. The van der Waals surface area contributed by atoms with Crippen LogP contribution in [0.2, 0.25) is 0 Å². The van der Waals surface area contributed by atoms with Crippen LogP contribution in [0.4, 0.5) is 0 Å². The summed E-state index contributed by atoms with van der Waals surface area (Å²) in [5.74, 6) is 3.19. The van der Waals surface area contributed by atoms with Gasteiger partial charge in [-0.3, -0.25) is 0 Å². The van der Waals surface area contributed by atoms with Crippen molar-refractivity contribution in [1.29, 1.82) is 0 Å². The number of aromatic nitrogens is 2. The average Bonchev–Trinajstić information content (AvgIpc) is 3.38. The monoisotopic (exact) mass is 386 g/mol. The third kappa shape index (κ3) is 4.60. The van der Waals surface area contributed by atoms with Crippen LogP contribution in [0, 0.1) is 0 Å². The smallest absolute Gasteiger partial charge is 0.133 e. The molecule has 4 heteroatoms. The molecule has 2 aromatic heterocycles. The van der Waals surface area contributed by atoms with Crippen LogP contribution in [0.1, 0.15) is 43.3 Å². The normalized spacial score (nSPS) is 11.7. The second-order valence-corrected chi connectivity index (χ2v) is 7.38. The summed E-state index contributed by atoms with van der Waals surface area (Å²) in [4.78, 5) is 4.77. The summed E-state index contributed by atoms with van der Waals surface area (Å²) in [5, 5.41) is 0. The van der Waals surface area contributed by atoms with Gasteiger partial charge in [0, 0.05) is 6.54 Å². The number of nitrogens with zero attached hydrogens (tertiary/aromatic N) is 2. The van der Waals surface area contributed by atoms with Crippen molar-refractivity contribution in [2.75, 3.05) is 6.61 Å². The third-order valence-corrected chi connectivity index (χ3v) is 4.97. The Balaban J connectivity index is 1.43. The quantitative estimate of drug-likeness (QED) is 0.329. The fraction of sp³-hybridized carbons (Fsp3) is 0.240. The molecule has 4 rings (SSSR count). The fourth-order valence-electron chi connectivity index (χ4n) is 3.36. The summed E-state index contributed by atoms with van der Waals surface area (Å²) in [5.41, 5.74) is 3.46. The molecule has 0 aliphatic carbocycles. The van der Waals surface area contributed by atoms with E-state index in [1.807, 2.05) is 42.5 Å². The van der Waals surface area contributed by atoms with E-state index in [4.69, 9.17) is 14.1 Å². The van der Waals surface area contributed by atoms with Gasteiger partial charge in [0.2, 0.25) is 0 Å². The lowest BCUT2D eigenvalue weighted by Crippen LogP contribution is -2.06. The summed E-state index contributed by atoms with van der Waals surface area (Å²) in [7, 11) is 0. The van der Waals surface area contributed by atoms with E-state index in [1.165, 1.54) is 5.56 Å². The van der Waals surface area contributed by atoms with Crippen molar-refractivity contribution in [3.8, 4) is 5.75 Å². The second-order valence-electron chi connectivity index (χ2n) is 7.38. The minimum Gasteiger partial charge on any atom is -0.494 e. The summed E-state index contributed by atoms with van der Waals surface area (Å²) >= 11 is 0. The Labute approximate surface area is 171 Å². The predicted octanol–water partition coefficient (Wildman–Crippen LogP) is 6.39. The molecule has 0 saturated heterocycles. The average molecular weight is 386 g/mol. The highest BCUT2D eigenvalue weighted by Gasteiger charge is 2.08. The van der Waals surface area contributed by atoms with Crippen molar-refractivity contribution < 1.29 is 9.15 Å². The first-order valence-electron chi connectivity index (χ1n) is 10.1. The van der Waals surface area contributed by atoms with E-state index >= 15 is 0 Å². The summed E-state index contributed by atoms with van der Waals surface area (Å²) < 4.78 is 13.6. The third-order valence-electron chi connectivity index (χ3n) is 4.97. The number of furan rings is 1. The SMILES string of the molecule is CC(C)c1ccc(OCCCn2c(/C=C/c3ccco3)nc3ccccc32)cc1. The second kappa shape index (κ2) is 8.82. The first-order valence-corrected chi connectivity index (χ1v) is 10.1. The molecular weight excluding hydrogens is 360 g/mol. The zero-order valence-corrected chi connectivity index (χ0v) is 16.9. The van der Waals surface area contributed by atoms with Gasteiger partial charge in [0.05, 0.1) is 23.9 Å². The van der Waals surface area contributed by atoms with Crippen LogP contribution < -0.4 is 4.74 Å². The number of imidazole rings is 1. The number of aryl methyl sites for hydroxylation is 1. The Hall–Kier alpha value is -3.27. The first-order chi connectivity index (χ1) is 14.2. The molecule has 0 saturated carbocycles. The Morgan fingerprint density at radius 2 is 1.83 bits per heavy atom. The van der Waals surface area contributed by atoms with Gasteiger partial charge in [0.1, 0.15) is 17.3 Å². The zero-order valence-electron chi connectivity index (χ0n) is 16.9. The minimum absolute atomic E-state index is 0.534. The van der Waals surface area contributed by atoms with Gasteiger partial charge in [-0.1, -0.05) is 38.1 Å². The van der Waals surface area contributed by atoms with Gasteiger partial charge in [0.15, 0.2) is 0 Å². The molecule has 4 nitrogen and oxygen atoms in total. The van der Waals surface area contributed by atoms with E-state index in [-0.39, 0.29) is 0 Å². The van der Waals surface area contributed by atoms with Gasteiger partial charge >= 0.3 is 0 Å². The van der Waals surface area contributed by atoms with E-state index < -0.39 is 0 Å². The van der Waals surface area contributed by atoms with Crippen LogP contribution in [-0.2, 0) is 6.54 Å². The molecule has 0 bridgehead atoms. The van der Waals surface area contributed by atoms with Crippen molar-refractivity contribution >= 4 is 23.2 Å². The zero-order chi connectivity index (χ0) is 20.1. The lowest BCUT2D eigenvalue weighted by molar-refractivity contribution is 0.302. The molecule has 0 amide bonds. The maximum absolute atomic E-state index is 5.94. The van der Waals surface area contributed by atoms with E-state index in [0.29, 0.717) is 12.5 Å². The highest BCUT2D eigenvalue weighted by molar-refractivity contribution is 5.79. The molecule has 0 atom stereocenters. The number of rotatable bonds is 8. The molecule has 0 radical (unpaired) electrons. The Morgan fingerprint density at radius 3 is 2.59 bits per heavy atom. The number of hydrogen-bond acceptors (Lipinski definition) is 3. The maximum atomic E-state index is 5.94. The Morgan fingerprint density at radius 1 is 1.00 bits per heavy atom. The van der Waals surface area contributed by atoms with Crippen molar-refractivity contribution in [2.45, 2.75) is 32.7 Å². The van der Waals surface area contributed by atoms with Crippen molar-refractivity contribution in [1.82, 2.24) is 9.55 Å². The first kappa shape index (κ1) is 19.1. The summed E-state index contributed by atoms with van der Waals surface area (Å²) in [6.07, 6.45) is 6.52. The van der Waals surface area contributed by atoms with Crippen LogP contribution in [-0.4, -0.2) is 16.2 Å². The van der Waals surface area contributed by atoms with Gasteiger partial charge < -0.3 is 13.7 Å². The Bertz CT molecular complexity index is 1070. The molecule has 0 aliphatic heterocycles. The molecular formula is C25H26N2O2. The fourth-order valence-corrected chi connectivity index (χ4v) is 3.36. The largest absolute Gasteiger partial charge is 0.494 e. The molecule has 2 aromatic carbocycles. The molecule has 2 heterocycles. The highest BCUT2D eigenvalue weighted by Crippen LogP contribution is 2.20. The van der Waals surface area contributed by atoms with E-state index in [9.17, 15) is 0 Å². The van der Waals surface area contributed by atoms with Gasteiger partial charge in [-0.05, 0) is 66.5 Å². The molecule has 0 unspecified atom stereocenters. The topological polar surface area (TPSA) is 40.2 Å². The molecule has 0 fully saturated rings. The van der Waals surface area contributed by atoms with Gasteiger partial charge in [-0.15, -0.1) is 0 Å². The van der Waals surface area contributed by atoms with Crippen LogP contribution in [0.5, 0.6) is 5.75 Å². The van der Waals surface area contributed by atoms with Crippen LogP contribution in [0.25, 0.3) is 23.2 Å². The van der Waals surface area contributed by atoms with Crippen LogP contribution in [0.15, 0.2) is 71.3 Å². The Kier molecular flexibility index (Phi) is 5.80. The van der Waals surface area contributed by atoms with Crippen LogP contribution in [0.3, 0.4) is 0 Å². The lowest BCUT2D eigenvalue weighted by Gasteiger charge is -2.10. The lowest BCUT2D eigenvalue weighted by atomic mass is 10.0. The van der Waals surface area contributed by atoms with E-state index in [2.05, 4.69) is 48.7 Å². The number of ether oxygens (including phenoxy) is 1. The molecule has 4 aromatic rings. The molecule has 148 valence electrons. The molecule has 0 aliphatic rings. The van der Waals surface area contributed by atoms with Crippen molar-refractivity contribution in [2.24, 2.45) is 0 Å². The van der Waals surface area contributed by atoms with Crippen LogP contribution >= 0.6 is 0 Å². The molecule has 29 heavy (non-hydrogen) atoms. The predicted molar refractivity (Wildman–Crippen MR) is 118 cm³/mol. The number of hydrogen-bond donors (Lipinski definition) is 0. The highest BCUT2D eigenvalue weighted by atomic mass is 16.5. The van der Waals surface area contributed by atoms with Crippen molar-refractivity contribution in [3.05, 3.63) is 84.1 Å². The van der Waals surface area contributed by atoms with Gasteiger partial charge in [-0.25, -0.2) is 4.98 Å². The van der Waals surface area contributed by atoms with Gasteiger partial charge in [-0.2, -0.15) is 0 Å². The van der Waals surface area contributed by atoms with E-state index in [0.717, 1.165) is 41.3 Å². The number of benzene rings is 2. The maximum Gasteiger partial charge on any atom is 0.133 e. The van der Waals surface area contributed by atoms with Crippen molar-refractivity contribution in [3.63, 3.8) is 0 Å². The molecule has 0 spiro atoms. The molecule has 0 N–H and O–H groups in total. The summed E-state index contributed by atoms with van der Waals surface area (Å²) in [6.45, 7) is 5.89. The van der Waals surface area contributed by atoms with E-state index in [1.54, 1.807) is 6.26 Å². The number of para-hydroxylation sites is 2. The van der Waals surface area contributed by atoms with Gasteiger partial charge in [0.25, 0.3) is 0 Å². The standard InChI is InChI=1S/C25H26N2O2/c1-19(2)20-10-12-22(13-11-20)29-18-6-16-27-24-9-4-3-8-23(24)26-25(27)15-14-21-7-5-17-28-21/h3-5,7-15,17,19H,6,16,18H2,1-2H3/b15-14+.